The number of rotatable bonds is 3. The normalized spacial score (nSPS) is 11.0. The third-order valence-electron chi connectivity index (χ3n) is 3.12. The van der Waals surface area contributed by atoms with Crippen LogP contribution in [0.2, 0.25) is 0 Å². The fourth-order valence-corrected chi connectivity index (χ4v) is 2.33. The molecule has 0 saturated heterocycles. The highest BCUT2D eigenvalue weighted by molar-refractivity contribution is 5.47. The Balaban J connectivity index is 3.65. The van der Waals surface area contributed by atoms with Crippen LogP contribution in [0.5, 0.6) is 0 Å². The first-order valence-electron chi connectivity index (χ1n) is 6.19. The number of halogens is 1. The summed E-state index contributed by atoms with van der Waals surface area (Å²) in [4.78, 5) is 0. The van der Waals surface area contributed by atoms with E-state index in [1.54, 1.807) is 6.07 Å². The molecule has 2 heteroatoms. The van der Waals surface area contributed by atoms with E-state index < -0.39 is 0 Å². The third kappa shape index (κ3) is 2.49. The number of benzene rings is 1. The zero-order chi connectivity index (χ0) is 13.2. The van der Waals surface area contributed by atoms with E-state index in [2.05, 4.69) is 13.8 Å². The summed E-state index contributed by atoms with van der Waals surface area (Å²) in [5.74, 6) is 0.0923. The van der Waals surface area contributed by atoms with Gasteiger partial charge in [0.05, 0.1) is 5.56 Å². The van der Waals surface area contributed by atoms with Gasteiger partial charge >= 0.3 is 0 Å². The zero-order valence-electron chi connectivity index (χ0n) is 11.3. The first-order chi connectivity index (χ1) is 7.93. The van der Waals surface area contributed by atoms with E-state index >= 15 is 0 Å². The molecule has 1 aromatic carbocycles. The Morgan fingerprint density at radius 2 is 1.82 bits per heavy atom. The molecule has 0 amide bonds. The van der Waals surface area contributed by atoms with Crippen LogP contribution in [0.15, 0.2) is 6.07 Å². The topological polar surface area (TPSA) is 23.8 Å². The number of hydrogen-bond acceptors (Lipinski definition) is 1. The minimum atomic E-state index is -0.330. The monoisotopic (exact) mass is 233 g/mol. The number of hydrogen-bond donors (Lipinski definition) is 0. The smallest absolute Gasteiger partial charge is 0.144 e. The molecule has 0 heterocycles. The van der Waals surface area contributed by atoms with Crippen molar-refractivity contribution in [1.82, 2.24) is 0 Å². The van der Waals surface area contributed by atoms with Gasteiger partial charge in [0.2, 0.25) is 0 Å². The maximum atomic E-state index is 14.2. The van der Waals surface area contributed by atoms with Crippen LogP contribution in [-0.2, 0) is 6.42 Å². The van der Waals surface area contributed by atoms with Crippen molar-refractivity contribution in [3.8, 4) is 6.07 Å². The Kier molecular flexibility index (Phi) is 4.28. The quantitative estimate of drug-likeness (QED) is 0.753. The summed E-state index contributed by atoms with van der Waals surface area (Å²) in [6, 6.07) is 3.68. The molecule has 1 rings (SSSR count). The lowest BCUT2D eigenvalue weighted by atomic mass is 9.85. The van der Waals surface area contributed by atoms with Crippen LogP contribution in [-0.4, -0.2) is 0 Å². The molecule has 0 atom stereocenters. The molecule has 0 aliphatic rings. The predicted octanol–water partition coefficient (Wildman–Crippen LogP) is 4.51. The largest absolute Gasteiger partial charge is 0.205 e. The van der Waals surface area contributed by atoms with Gasteiger partial charge in [-0.15, -0.1) is 0 Å². The van der Waals surface area contributed by atoms with Gasteiger partial charge in [-0.1, -0.05) is 34.6 Å². The van der Waals surface area contributed by atoms with Gasteiger partial charge in [-0.05, 0) is 41.0 Å². The molecule has 0 aliphatic heterocycles. The summed E-state index contributed by atoms with van der Waals surface area (Å²) in [5, 5.41) is 9.00. The summed E-state index contributed by atoms with van der Waals surface area (Å²) in [6.45, 7) is 10.2. The van der Waals surface area contributed by atoms with Gasteiger partial charge in [0.1, 0.15) is 11.9 Å². The molecule has 0 bridgehead atoms. The van der Waals surface area contributed by atoms with E-state index in [0.29, 0.717) is 5.92 Å². The van der Waals surface area contributed by atoms with Crippen LogP contribution in [0, 0.1) is 17.1 Å². The van der Waals surface area contributed by atoms with Crippen molar-refractivity contribution >= 4 is 0 Å². The molecule has 17 heavy (non-hydrogen) atoms. The molecule has 0 fully saturated rings. The summed E-state index contributed by atoms with van der Waals surface area (Å²) < 4.78 is 14.2. The predicted molar refractivity (Wildman–Crippen MR) is 68.7 cm³/mol. The molecular formula is C15H20FN. The highest BCUT2D eigenvalue weighted by Crippen LogP contribution is 2.32. The van der Waals surface area contributed by atoms with Gasteiger partial charge in [0.25, 0.3) is 0 Å². The van der Waals surface area contributed by atoms with Crippen molar-refractivity contribution in [2.24, 2.45) is 0 Å². The second kappa shape index (κ2) is 5.31. The van der Waals surface area contributed by atoms with Crippen molar-refractivity contribution in [2.45, 2.75) is 52.9 Å². The van der Waals surface area contributed by atoms with Crippen LogP contribution < -0.4 is 0 Å². The van der Waals surface area contributed by atoms with Crippen LogP contribution >= 0.6 is 0 Å². The fourth-order valence-electron chi connectivity index (χ4n) is 2.33. The molecule has 0 unspecified atom stereocenters. The Bertz CT molecular complexity index is 453. The van der Waals surface area contributed by atoms with E-state index in [0.717, 1.165) is 23.1 Å². The fraction of sp³-hybridized carbons (Fsp3) is 0.533. The minimum absolute atomic E-state index is 0.107. The average Bonchev–Trinajstić information content (AvgIpc) is 2.27. The third-order valence-corrected chi connectivity index (χ3v) is 3.12. The van der Waals surface area contributed by atoms with Crippen LogP contribution in [0.1, 0.15) is 68.7 Å². The van der Waals surface area contributed by atoms with Crippen LogP contribution in [0.4, 0.5) is 4.39 Å². The van der Waals surface area contributed by atoms with Crippen LogP contribution in [0.25, 0.3) is 0 Å². The van der Waals surface area contributed by atoms with Crippen molar-refractivity contribution in [1.29, 1.82) is 5.26 Å². The van der Waals surface area contributed by atoms with Crippen molar-refractivity contribution in [2.75, 3.05) is 0 Å². The van der Waals surface area contributed by atoms with E-state index in [1.165, 1.54) is 0 Å². The average molecular weight is 233 g/mol. The molecule has 1 nitrogen and oxygen atoms in total. The molecule has 0 radical (unpaired) electrons. The van der Waals surface area contributed by atoms with Gasteiger partial charge in [0, 0.05) is 0 Å². The standard InChI is InChI=1S/C15H20FN/c1-6-12-13(9(2)3)7-11(8-17)15(16)14(12)10(4)5/h7,9-10H,6H2,1-5H3. The van der Waals surface area contributed by atoms with Gasteiger partial charge in [-0.2, -0.15) is 5.26 Å². The first-order valence-corrected chi connectivity index (χ1v) is 6.19. The first kappa shape index (κ1) is 13.7. The Hall–Kier alpha value is -1.36. The van der Waals surface area contributed by atoms with Crippen molar-refractivity contribution in [3.63, 3.8) is 0 Å². The highest BCUT2D eigenvalue weighted by atomic mass is 19.1. The maximum absolute atomic E-state index is 14.2. The lowest BCUT2D eigenvalue weighted by molar-refractivity contribution is 0.587. The SMILES string of the molecule is CCc1c(C(C)C)cc(C#N)c(F)c1C(C)C. The van der Waals surface area contributed by atoms with E-state index in [4.69, 9.17) is 5.26 Å². The van der Waals surface area contributed by atoms with Gasteiger partial charge in [0.15, 0.2) is 0 Å². The van der Waals surface area contributed by atoms with Gasteiger partial charge in [-0.25, -0.2) is 4.39 Å². The Morgan fingerprint density at radius 1 is 1.24 bits per heavy atom. The van der Waals surface area contributed by atoms with E-state index in [1.807, 2.05) is 26.8 Å². The summed E-state index contributed by atoms with van der Waals surface area (Å²) in [5.41, 5.74) is 3.07. The molecule has 0 aromatic heterocycles. The maximum Gasteiger partial charge on any atom is 0.144 e. The minimum Gasteiger partial charge on any atom is -0.205 e. The highest BCUT2D eigenvalue weighted by Gasteiger charge is 2.20. The number of nitrogens with zero attached hydrogens (tertiary/aromatic N) is 1. The molecule has 92 valence electrons. The van der Waals surface area contributed by atoms with Crippen molar-refractivity contribution in [3.05, 3.63) is 34.1 Å². The molecule has 1 aromatic rings. The summed E-state index contributed by atoms with van der Waals surface area (Å²) >= 11 is 0. The van der Waals surface area contributed by atoms with Gasteiger partial charge in [-0.3, -0.25) is 0 Å². The van der Waals surface area contributed by atoms with E-state index in [-0.39, 0.29) is 17.3 Å². The number of nitriles is 1. The zero-order valence-corrected chi connectivity index (χ0v) is 11.3. The molecule has 0 saturated carbocycles. The molecule has 0 aliphatic carbocycles. The molecule has 0 N–H and O–H groups in total. The lowest BCUT2D eigenvalue weighted by Gasteiger charge is -2.20. The van der Waals surface area contributed by atoms with Gasteiger partial charge < -0.3 is 0 Å². The molecule has 0 spiro atoms. The Morgan fingerprint density at radius 3 is 2.18 bits per heavy atom. The second-order valence-corrected chi connectivity index (χ2v) is 4.99. The van der Waals surface area contributed by atoms with E-state index in [9.17, 15) is 4.39 Å². The summed E-state index contributed by atoms with van der Waals surface area (Å²) in [7, 11) is 0. The molecular weight excluding hydrogens is 213 g/mol. The summed E-state index contributed by atoms with van der Waals surface area (Å²) in [6.07, 6.45) is 0.809. The van der Waals surface area contributed by atoms with Crippen molar-refractivity contribution < 1.29 is 4.39 Å². The Labute approximate surface area is 103 Å². The second-order valence-electron chi connectivity index (χ2n) is 4.99. The lowest BCUT2D eigenvalue weighted by Crippen LogP contribution is -2.08. The van der Waals surface area contributed by atoms with Crippen LogP contribution in [0.3, 0.4) is 0 Å².